The second-order valence-electron chi connectivity index (χ2n) is 6.18. The Balaban J connectivity index is 1.64. The molecule has 1 aliphatic rings. The van der Waals surface area contributed by atoms with Crippen LogP contribution in [0.15, 0.2) is 59.2 Å². The molecule has 0 radical (unpaired) electrons. The van der Waals surface area contributed by atoms with E-state index in [1.165, 1.54) is 12.3 Å². The summed E-state index contributed by atoms with van der Waals surface area (Å²) in [4.78, 5) is 12.4. The van der Waals surface area contributed by atoms with Gasteiger partial charge in [0.05, 0.1) is 12.3 Å². The van der Waals surface area contributed by atoms with Crippen molar-refractivity contribution < 1.29 is 22.4 Å². The summed E-state index contributed by atoms with van der Waals surface area (Å²) in [6, 6.07) is 10.6. The predicted molar refractivity (Wildman–Crippen MR) is 91.4 cm³/mol. The van der Waals surface area contributed by atoms with Crippen LogP contribution in [0.1, 0.15) is 34.8 Å². The summed E-state index contributed by atoms with van der Waals surface area (Å²) in [5, 5.41) is 9.49. The molecule has 4 rings (SSSR count). The molecule has 27 heavy (non-hydrogen) atoms. The number of carbonyl (C=O) groups excluding carboxylic acids is 1. The van der Waals surface area contributed by atoms with Crippen molar-refractivity contribution in [2.45, 2.75) is 24.7 Å². The Labute approximate surface area is 152 Å². The van der Waals surface area contributed by atoms with Crippen LogP contribution >= 0.6 is 0 Å². The largest absolute Gasteiger partial charge is 0.467 e. The van der Waals surface area contributed by atoms with E-state index in [-0.39, 0.29) is 17.9 Å². The fourth-order valence-corrected chi connectivity index (χ4v) is 3.08. The molecule has 0 unspecified atom stereocenters. The second-order valence-corrected chi connectivity index (χ2v) is 6.18. The molecule has 3 heterocycles. The van der Waals surface area contributed by atoms with Crippen LogP contribution < -0.4 is 10.6 Å². The van der Waals surface area contributed by atoms with E-state index in [9.17, 15) is 18.0 Å². The number of fused-ring (bicyclic) bond motifs is 1. The van der Waals surface area contributed by atoms with E-state index in [1.807, 2.05) is 0 Å². The van der Waals surface area contributed by atoms with Crippen molar-refractivity contribution in [1.29, 1.82) is 0 Å². The normalized spacial score (nSPS) is 19.2. The highest BCUT2D eigenvalue weighted by atomic mass is 19.4. The van der Waals surface area contributed by atoms with Gasteiger partial charge in [0.25, 0.3) is 5.91 Å². The van der Waals surface area contributed by atoms with Crippen molar-refractivity contribution in [3.8, 4) is 0 Å². The highest BCUT2D eigenvalue weighted by Gasteiger charge is 2.47. The Morgan fingerprint density at radius 2 is 2.00 bits per heavy atom. The summed E-state index contributed by atoms with van der Waals surface area (Å²) in [6.07, 6.45) is -3.39. The van der Waals surface area contributed by atoms with Crippen LogP contribution in [-0.4, -0.2) is 21.9 Å². The van der Waals surface area contributed by atoms with Gasteiger partial charge >= 0.3 is 6.18 Å². The molecule has 0 fully saturated rings. The summed E-state index contributed by atoms with van der Waals surface area (Å²) in [5.74, 6) is -0.0736. The lowest BCUT2D eigenvalue weighted by atomic mass is 10.0. The third-order valence-corrected chi connectivity index (χ3v) is 4.34. The van der Waals surface area contributed by atoms with Gasteiger partial charge < -0.3 is 15.1 Å². The Bertz CT molecular complexity index is 935. The van der Waals surface area contributed by atoms with Crippen molar-refractivity contribution in [3.05, 3.63) is 66.2 Å². The van der Waals surface area contributed by atoms with Gasteiger partial charge in [-0.15, -0.1) is 0 Å². The monoisotopic (exact) mass is 376 g/mol. The topological polar surface area (TPSA) is 72.1 Å². The van der Waals surface area contributed by atoms with Crippen molar-refractivity contribution in [1.82, 2.24) is 9.78 Å². The maximum Gasteiger partial charge on any atom is 0.410 e. The van der Waals surface area contributed by atoms with Crippen molar-refractivity contribution in [2.24, 2.45) is 0 Å². The van der Waals surface area contributed by atoms with Gasteiger partial charge in [-0.1, -0.05) is 18.2 Å². The molecule has 2 N–H and O–H groups in total. The molecule has 0 bridgehead atoms. The SMILES string of the molecule is O=C(Nc1ccccc1)c1cc2n(n1)[C@@H](C(F)(F)F)C[C@@H](c1ccco1)N2. The summed E-state index contributed by atoms with van der Waals surface area (Å²) in [5.41, 5.74) is 0.429. The first-order valence-corrected chi connectivity index (χ1v) is 8.24. The van der Waals surface area contributed by atoms with Crippen molar-refractivity contribution in [2.75, 3.05) is 10.6 Å². The third-order valence-electron chi connectivity index (χ3n) is 4.34. The van der Waals surface area contributed by atoms with E-state index in [0.29, 0.717) is 11.4 Å². The maximum absolute atomic E-state index is 13.6. The standard InChI is InChI=1S/C18H15F3N4O2/c19-18(20,21)15-9-12(14-7-4-8-27-14)23-16-10-13(24-25(15)16)17(26)22-11-5-2-1-3-6-11/h1-8,10,12,15,23H,9H2,(H,22,26)/t12-,15+/m0/s1. The summed E-state index contributed by atoms with van der Waals surface area (Å²) in [7, 11) is 0. The number of furan rings is 1. The van der Waals surface area contributed by atoms with E-state index in [2.05, 4.69) is 15.7 Å². The lowest BCUT2D eigenvalue weighted by Gasteiger charge is -2.32. The number of nitrogens with zero attached hydrogens (tertiary/aromatic N) is 2. The number of rotatable bonds is 3. The third kappa shape index (κ3) is 3.40. The number of nitrogens with one attached hydrogen (secondary N) is 2. The summed E-state index contributed by atoms with van der Waals surface area (Å²) >= 11 is 0. The molecule has 0 saturated carbocycles. The van der Waals surface area contributed by atoms with Crippen LogP contribution in [0.2, 0.25) is 0 Å². The number of hydrogen-bond acceptors (Lipinski definition) is 4. The van der Waals surface area contributed by atoms with Gasteiger partial charge in [-0.05, 0) is 24.3 Å². The van der Waals surface area contributed by atoms with Crippen molar-refractivity contribution in [3.63, 3.8) is 0 Å². The molecule has 0 spiro atoms. The van der Waals surface area contributed by atoms with Gasteiger partial charge in [-0.3, -0.25) is 4.79 Å². The number of carbonyl (C=O) groups is 1. The molecular formula is C18H15F3N4O2. The zero-order valence-electron chi connectivity index (χ0n) is 13.9. The molecule has 0 aliphatic carbocycles. The zero-order chi connectivity index (χ0) is 19.0. The van der Waals surface area contributed by atoms with Gasteiger partial charge in [0, 0.05) is 18.2 Å². The van der Waals surface area contributed by atoms with E-state index in [0.717, 1.165) is 4.68 Å². The Morgan fingerprint density at radius 1 is 1.22 bits per heavy atom. The van der Waals surface area contributed by atoms with Crippen LogP contribution in [0.25, 0.3) is 0 Å². The predicted octanol–water partition coefficient (Wildman–Crippen LogP) is 4.39. The maximum atomic E-state index is 13.6. The minimum atomic E-state index is -4.51. The highest BCUT2D eigenvalue weighted by Crippen LogP contribution is 2.43. The molecule has 140 valence electrons. The molecule has 3 aromatic rings. The van der Waals surface area contributed by atoms with Gasteiger partial charge in [0.15, 0.2) is 11.7 Å². The average Bonchev–Trinajstić information content (AvgIpc) is 3.30. The Hall–Kier alpha value is -3.23. The smallest absolute Gasteiger partial charge is 0.410 e. The van der Waals surface area contributed by atoms with E-state index < -0.39 is 24.2 Å². The van der Waals surface area contributed by atoms with Crippen LogP contribution in [0.4, 0.5) is 24.7 Å². The molecular weight excluding hydrogens is 361 g/mol. The first-order chi connectivity index (χ1) is 12.9. The second kappa shape index (κ2) is 6.49. The lowest BCUT2D eigenvalue weighted by molar-refractivity contribution is -0.174. The van der Waals surface area contributed by atoms with E-state index in [4.69, 9.17) is 4.42 Å². The molecule has 6 nitrogen and oxygen atoms in total. The number of aromatic nitrogens is 2. The van der Waals surface area contributed by atoms with Gasteiger partial charge in [0.2, 0.25) is 0 Å². The number of halogens is 3. The summed E-state index contributed by atoms with van der Waals surface area (Å²) < 4.78 is 46.8. The highest BCUT2D eigenvalue weighted by molar-refractivity contribution is 6.03. The van der Waals surface area contributed by atoms with E-state index >= 15 is 0 Å². The van der Waals surface area contributed by atoms with Crippen LogP contribution in [0.5, 0.6) is 0 Å². The zero-order valence-corrected chi connectivity index (χ0v) is 13.9. The summed E-state index contributed by atoms with van der Waals surface area (Å²) in [6.45, 7) is 0. The van der Waals surface area contributed by atoms with Crippen LogP contribution in [0, 0.1) is 0 Å². The van der Waals surface area contributed by atoms with Gasteiger partial charge in [-0.25, -0.2) is 4.68 Å². The number of benzene rings is 1. The minimum absolute atomic E-state index is 0.101. The molecule has 2 aromatic heterocycles. The first kappa shape index (κ1) is 17.2. The van der Waals surface area contributed by atoms with Crippen LogP contribution in [0.3, 0.4) is 0 Å². The Kier molecular flexibility index (Phi) is 4.14. The Morgan fingerprint density at radius 3 is 2.67 bits per heavy atom. The molecule has 2 atom stereocenters. The molecule has 1 aromatic carbocycles. The number of para-hydroxylation sites is 1. The number of anilines is 2. The van der Waals surface area contributed by atoms with Gasteiger partial charge in [-0.2, -0.15) is 18.3 Å². The quantitative estimate of drug-likeness (QED) is 0.711. The lowest BCUT2D eigenvalue weighted by Crippen LogP contribution is -2.35. The molecule has 0 saturated heterocycles. The minimum Gasteiger partial charge on any atom is -0.467 e. The number of amides is 1. The fourth-order valence-electron chi connectivity index (χ4n) is 3.08. The molecule has 1 aliphatic heterocycles. The fraction of sp³-hybridized carbons (Fsp3) is 0.222. The molecule has 1 amide bonds. The number of alkyl halides is 3. The number of hydrogen-bond donors (Lipinski definition) is 2. The average molecular weight is 376 g/mol. The van der Waals surface area contributed by atoms with Crippen molar-refractivity contribution >= 4 is 17.4 Å². The van der Waals surface area contributed by atoms with Gasteiger partial charge in [0.1, 0.15) is 11.6 Å². The van der Waals surface area contributed by atoms with Crippen LogP contribution in [-0.2, 0) is 0 Å². The van der Waals surface area contributed by atoms with E-state index in [1.54, 1.807) is 42.5 Å². The first-order valence-electron chi connectivity index (χ1n) is 8.24. The molecule has 9 heteroatoms.